The summed E-state index contributed by atoms with van der Waals surface area (Å²) in [6.45, 7) is 1.39. The lowest BCUT2D eigenvalue weighted by Crippen LogP contribution is -2.29. The van der Waals surface area contributed by atoms with Gasteiger partial charge in [0.15, 0.2) is 0 Å². The summed E-state index contributed by atoms with van der Waals surface area (Å²) >= 11 is 0. The molecule has 0 radical (unpaired) electrons. The highest BCUT2D eigenvalue weighted by atomic mass is 16.5. The molecule has 1 aliphatic heterocycles. The van der Waals surface area contributed by atoms with Crippen LogP contribution in [0.25, 0.3) is 0 Å². The van der Waals surface area contributed by atoms with Crippen LogP contribution in [-0.4, -0.2) is 36.1 Å². The van der Waals surface area contributed by atoms with Crippen LogP contribution in [-0.2, 0) is 12.8 Å². The van der Waals surface area contributed by atoms with Gasteiger partial charge < -0.3 is 15.0 Å². The Labute approximate surface area is 164 Å². The number of carbonyl (C=O) groups is 1. The molecule has 0 unspecified atom stereocenters. The Morgan fingerprint density at radius 2 is 1.96 bits per heavy atom. The number of hydrogen-bond donors (Lipinski definition) is 1. The van der Waals surface area contributed by atoms with Gasteiger partial charge in [0.05, 0.1) is 7.11 Å². The second-order valence-corrected chi connectivity index (χ2v) is 6.65. The smallest absolute Gasteiger partial charge is 0.277 e. The van der Waals surface area contributed by atoms with Crippen LogP contribution in [0.15, 0.2) is 60.9 Å². The standard InChI is InChI=1S/C22H22N4O2/c1-28-18-8-6-16(7-9-18)10-12-23-21-14-19(24-15-25-21)22(27)26-13-11-17-4-2-3-5-20(17)26/h2-9,14-15H,10-13H2,1H3,(H,23,24,25). The van der Waals surface area contributed by atoms with Gasteiger partial charge in [-0.15, -0.1) is 0 Å². The molecule has 0 spiro atoms. The molecule has 0 saturated heterocycles. The number of amides is 1. The second-order valence-electron chi connectivity index (χ2n) is 6.65. The number of nitrogens with one attached hydrogen (secondary N) is 1. The molecule has 3 aromatic rings. The molecule has 6 nitrogen and oxygen atoms in total. The minimum atomic E-state index is -0.0921. The van der Waals surface area contributed by atoms with Crippen molar-refractivity contribution in [2.45, 2.75) is 12.8 Å². The van der Waals surface area contributed by atoms with E-state index in [0.717, 1.165) is 24.3 Å². The Balaban J connectivity index is 1.39. The molecule has 142 valence electrons. The van der Waals surface area contributed by atoms with Crippen molar-refractivity contribution in [3.8, 4) is 5.75 Å². The minimum Gasteiger partial charge on any atom is -0.497 e. The maximum atomic E-state index is 12.9. The molecule has 4 rings (SSSR count). The fraction of sp³-hybridized carbons (Fsp3) is 0.227. The van der Waals surface area contributed by atoms with Crippen molar-refractivity contribution in [3.05, 3.63) is 77.7 Å². The number of fused-ring (bicyclic) bond motifs is 1. The van der Waals surface area contributed by atoms with Gasteiger partial charge in [0.25, 0.3) is 5.91 Å². The Hall–Kier alpha value is -3.41. The SMILES string of the molecule is COc1ccc(CCNc2cc(C(=O)N3CCc4ccccc43)ncn2)cc1. The zero-order valence-corrected chi connectivity index (χ0v) is 15.8. The Kier molecular flexibility index (Phi) is 5.19. The third-order valence-electron chi connectivity index (χ3n) is 4.90. The van der Waals surface area contributed by atoms with E-state index in [4.69, 9.17) is 4.74 Å². The van der Waals surface area contributed by atoms with Crippen molar-refractivity contribution in [2.24, 2.45) is 0 Å². The van der Waals surface area contributed by atoms with Crippen LogP contribution in [0.3, 0.4) is 0 Å². The number of methoxy groups -OCH3 is 1. The average Bonchev–Trinajstić information content (AvgIpc) is 3.18. The van der Waals surface area contributed by atoms with Crippen LogP contribution >= 0.6 is 0 Å². The monoisotopic (exact) mass is 374 g/mol. The Morgan fingerprint density at radius 3 is 2.79 bits per heavy atom. The number of carbonyl (C=O) groups excluding carboxylic acids is 1. The van der Waals surface area contributed by atoms with E-state index in [9.17, 15) is 4.79 Å². The second kappa shape index (κ2) is 8.08. The largest absolute Gasteiger partial charge is 0.497 e. The van der Waals surface area contributed by atoms with Crippen molar-refractivity contribution < 1.29 is 9.53 Å². The number of benzene rings is 2. The summed E-state index contributed by atoms with van der Waals surface area (Å²) in [5.74, 6) is 1.41. The Bertz CT molecular complexity index is 972. The number of aromatic nitrogens is 2. The highest BCUT2D eigenvalue weighted by Gasteiger charge is 2.26. The molecular formula is C22H22N4O2. The summed E-state index contributed by atoms with van der Waals surface area (Å²) in [6, 6.07) is 17.7. The molecule has 2 heterocycles. The molecule has 1 N–H and O–H groups in total. The summed E-state index contributed by atoms with van der Waals surface area (Å²) in [5.41, 5.74) is 3.77. The molecule has 1 aliphatic rings. The molecule has 0 bridgehead atoms. The fourth-order valence-electron chi connectivity index (χ4n) is 3.39. The maximum absolute atomic E-state index is 12.9. The highest BCUT2D eigenvalue weighted by Crippen LogP contribution is 2.28. The first-order chi connectivity index (χ1) is 13.7. The third kappa shape index (κ3) is 3.81. The number of anilines is 2. The zero-order chi connectivity index (χ0) is 19.3. The Morgan fingerprint density at radius 1 is 1.14 bits per heavy atom. The van der Waals surface area contributed by atoms with Gasteiger partial charge in [-0.2, -0.15) is 0 Å². The lowest BCUT2D eigenvalue weighted by atomic mass is 10.1. The first-order valence-electron chi connectivity index (χ1n) is 9.33. The van der Waals surface area contributed by atoms with Crippen LogP contribution < -0.4 is 15.0 Å². The van der Waals surface area contributed by atoms with E-state index in [1.165, 1.54) is 17.5 Å². The molecule has 2 aromatic carbocycles. The van der Waals surface area contributed by atoms with Crippen LogP contribution in [0, 0.1) is 0 Å². The predicted octanol–water partition coefficient (Wildman–Crippen LogP) is 3.34. The lowest BCUT2D eigenvalue weighted by Gasteiger charge is -2.17. The number of hydrogen-bond acceptors (Lipinski definition) is 5. The highest BCUT2D eigenvalue weighted by molar-refractivity contribution is 6.06. The number of ether oxygens (including phenoxy) is 1. The average molecular weight is 374 g/mol. The third-order valence-corrected chi connectivity index (χ3v) is 4.90. The molecule has 0 aliphatic carbocycles. The van der Waals surface area contributed by atoms with Crippen LogP contribution in [0.4, 0.5) is 11.5 Å². The maximum Gasteiger partial charge on any atom is 0.277 e. The van der Waals surface area contributed by atoms with Gasteiger partial charge >= 0.3 is 0 Å². The van der Waals surface area contributed by atoms with Gasteiger partial charge in [0, 0.05) is 24.8 Å². The van der Waals surface area contributed by atoms with Gasteiger partial charge in [-0.05, 0) is 42.2 Å². The minimum absolute atomic E-state index is 0.0921. The van der Waals surface area contributed by atoms with Crippen molar-refractivity contribution in [1.29, 1.82) is 0 Å². The molecule has 6 heteroatoms. The summed E-state index contributed by atoms with van der Waals surface area (Å²) in [6.07, 6.45) is 3.15. The molecule has 1 amide bonds. The van der Waals surface area contributed by atoms with Crippen molar-refractivity contribution in [2.75, 3.05) is 30.4 Å². The van der Waals surface area contributed by atoms with E-state index < -0.39 is 0 Å². The van der Waals surface area contributed by atoms with Crippen LogP contribution in [0.5, 0.6) is 5.75 Å². The summed E-state index contributed by atoms with van der Waals surface area (Å²) in [5, 5.41) is 3.27. The van der Waals surface area contributed by atoms with Crippen molar-refractivity contribution in [1.82, 2.24) is 9.97 Å². The quantitative estimate of drug-likeness (QED) is 0.717. The van der Waals surface area contributed by atoms with Crippen molar-refractivity contribution in [3.63, 3.8) is 0 Å². The van der Waals surface area contributed by atoms with Gasteiger partial charge in [0.2, 0.25) is 0 Å². The van der Waals surface area contributed by atoms with Gasteiger partial charge in [-0.3, -0.25) is 4.79 Å². The van der Waals surface area contributed by atoms with E-state index in [-0.39, 0.29) is 5.91 Å². The van der Waals surface area contributed by atoms with Gasteiger partial charge in [0.1, 0.15) is 23.6 Å². The van der Waals surface area contributed by atoms with E-state index in [2.05, 4.69) is 21.4 Å². The molecule has 0 fully saturated rings. The number of para-hydroxylation sites is 1. The number of rotatable bonds is 6. The first kappa shape index (κ1) is 18.0. The summed E-state index contributed by atoms with van der Waals surface area (Å²) in [4.78, 5) is 23.1. The van der Waals surface area contributed by atoms with Crippen LogP contribution in [0.2, 0.25) is 0 Å². The molecule has 0 atom stereocenters. The summed E-state index contributed by atoms with van der Waals surface area (Å²) in [7, 11) is 1.66. The molecule has 1 aromatic heterocycles. The van der Waals surface area contributed by atoms with E-state index in [0.29, 0.717) is 24.6 Å². The normalized spacial score (nSPS) is 12.5. The first-order valence-corrected chi connectivity index (χ1v) is 9.33. The van der Waals surface area contributed by atoms with Crippen molar-refractivity contribution >= 4 is 17.4 Å². The lowest BCUT2D eigenvalue weighted by molar-refractivity contribution is 0.0984. The van der Waals surface area contributed by atoms with Gasteiger partial charge in [-0.25, -0.2) is 9.97 Å². The topological polar surface area (TPSA) is 67.3 Å². The van der Waals surface area contributed by atoms with E-state index in [1.807, 2.05) is 42.5 Å². The van der Waals surface area contributed by atoms with Gasteiger partial charge in [-0.1, -0.05) is 30.3 Å². The number of nitrogens with zero attached hydrogens (tertiary/aromatic N) is 3. The zero-order valence-electron chi connectivity index (χ0n) is 15.8. The van der Waals surface area contributed by atoms with Crippen LogP contribution in [0.1, 0.15) is 21.6 Å². The fourth-order valence-corrected chi connectivity index (χ4v) is 3.39. The molecule has 28 heavy (non-hydrogen) atoms. The summed E-state index contributed by atoms with van der Waals surface area (Å²) < 4.78 is 5.17. The van der Waals surface area contributed by atoms with E-state index in [1.54, 1.807) is 18.1 Å². The predicted molar refractivity (Wildman–Crippen MR) is 109 cm³/mol. The van der Waals surface area contributed by atoms with E-state index >= 15 is 0 Å². The molecule has 0 saturated carbocycles. The molecular weight excluding hydrogens is 352 g/mol.